The number of thiocarbonyl (C=S) groups is 1. The molecule has 0 spiro atoms. The fourth-order valence-corrected chi connectivity index (χ4v) is 3.24. The minimum absolute atomic E-state index is 0.495. The van der Waals surface area contributed by atoms with E-state index in [0.29, 0.717) is 11.3 Å². The van der Waals surface area contributed by atoms with Crippen molar-refractivity contribution in [2.45, 2.75) is 26.7 Å². The second-order valence-corrected chi connectivity index (χ2v) is 5.43. The van der Waals surface area contributed by atoms with E-state index in [9.17, 15) is 0 Å². The first kappa shape index (κ1) is 10.1. The molecule has 3 saturated carbocycles. The zero-order valence-corrected chi connectivity index (χ0v) is 9.73. The molecule has 0 radical (unpaired) electrons. The van der Waals surface area contributed by atoms with Crippen molar-refractivity contribution in [2.24, 2.45) is 28.2 Å². The van der Waals surface area contributed by atoms with Crippen LogP contribution in [0.1, 0.15) is 26.7 Å². The molecule has 0 aromatic rings. The van der Waals surface area contributed by atoms with Crippen molar-refractivity contribution < 1.29 is 0 Å². The van der Waals surface area contributed by atoms with Crippen LogP contribution in [0.25, 0.3) is 0 Å². The number of rotatable bonds is 2. The van der Waals surface area contributed by atoms with E-state index in [1.807, 2.05) is 0 Å². The van der Waals surface area contributed by atoms with Crippen molar-refractivity contribution >= 4 is 17.4 Å². The molecule has 3 aliphatic rings. The van der Waals surface area contributed by atoms with Crippen LogP contribution >= 0.6 is 12.2 Å². The number of hydrogen-bond acceptors (Lipinski definition) is 2. The van der Waals surface area contributed by atoms with Gasteiger partial charge in [0.05, 0.1) is 11.7 Å². The molecule has 0 aromatic carbocycles. The van der Waals surface area contributed by atoms with Gasteiger partial charge in [-0.15, -0.1) is 0 Å². The van der Waals surface area contributed by atoms with E-state index in [-0.39, 0.29) is 0 Å². The third-order valence-electron chi connectivity index (χ3n) is 4.39. The topological polar surface area (TPSA) is 12.4 Å². The second-order valence-electron chi connectivity index (χ2n) is 5.25. The number of isothiocyanates is 1. The van der Waals surface area contributed by atoms with Crippen LogP contribution in [0.4, 0.5) is 0 Å². The maximum Gasteiger partial charge on any atom is 0.0585 e. The summed E-state index contributed by atoms with van der Waals surface area (Å²) in [6.45, 7) is 9.79. The number of nitrogens with zero attached hydrogens (tertiary/aromatic N) is 1. The highest BCUT2D eigenvalue weighted by Gasteiger charge is 2.54. The fraction of sp³-hybridized carbons (Fsp3) is 0.750. The van der Waals surface area contributed by atoms with E-state index in [1.165, 1.54) is 18.4 Å². The Labute approximate surface area is 91.3 Å². The predicted molar refractivity (Wildman–Crippen MR) is 62.5 cm³/mol. The Hall–Kier alpha value is -0.460. The molecule has 0 aliphatic heterocycles. The average molecular weight is 207 g/mol. The minimum Gasteiger partial charge on any atom is -0.232 e. The summed E-state index contributed by atoms with van der Waals surface area (Å²) < 4.78 is 0. The summed E-state index contributed by atoms with van der Waals surface area (Å²) in [4.78, 5) is 4.05. The van der Waals surface area contributed by atoms with Gasteiger partial charge < -0.3 is 0 Å². The van der Waals surface area contributed by atoms with Gasteiger partial charge in [-0.05, 0) is 42.3 Å². The van der Waals surface area contributed by atoms with Crippen LogP contribution in [0.2, 0.25) is 0 Å². The number of aliphatic imine (C=N–C) groups is 1. The number of fused-ring (bicyclic) bond motifs is 2. The largest absolute Gasteiger partial charge is 0.232 e. The lowest BCUT2D eigenvalue weighted by atomic mass is 9.45. The molecule has 3 atom stereocenters. The third kappa shape index (κ3) is 1.29. The normalized spacial score (nSPS) is 38.4. The Balaban J connectivity index is 2.08. The van der Waals surface area contributed by atoms with Crippen molar-refractivity contribution in [3.8, 4) is 0 Å². The molecule has 3 rings (SSSR count). The zero-order valence-electron chi connectivity index (χ0n) is 8.92. The van der Waals surface area contributed by atoms with Crippen molar-refractivity contribution in [1.29, 1.82) is 0 Å². The van der Waals surface area contributed by atoms with Gasteiger partial charge in [0.15, 0.2) is 0 Å². The first-order valence-corrected chi connectivity index (χ1v) is 5.70. The lowest BCUT2D eigenvalue weighted by Crippen LogP contribution is -2.52. The molecule has 0 saturated heterocycles. The Morgan fingerprint density at radius 3 is 2.79 bits per heavy atom. The van der Waals surface area contributed by atoms with E-state index in [1.54, 1.807) is 0 Å². The molecule has 2 heteroatoms. The van der Waals surface area contributed by atoms with Crippen LogP contribution in [0.3, 0.4) is 0 Å². The smallest absolute Gasteiger partial charge is 0.0585 e. The van der Waals surface area contributed by atoms with E-state index >= 15 is 0 Å². The van der Waals surface area contributed by atoms with Crippen LogP contribution in [-0.4, -0.2) is 11.7 Å². The van der Waals surface area contributed by atoms with Crippen molar-refractivity contribution in [1.82, 2.24) is 0 Å². The summed E-state index contributed by atoms with van der Waals surface area (Å²) in [6.07, 6.45) is 2.60. The van der Waals surface area contributed by atoms with Gasteiger partial charge in [0.25, 0.3) is 0 Å². The van der Waals surface area contributed by atoms with Gasteiger partial charge in [0.1, 0.15) is 0 Å². The molecule has 0 amide bonds. The first-order valence-electron chi connectivity index (χ1n) is 5.29. The fourth-order valence-electron chi connectivity index (χ4n) is 3.16. The van der Waals surface area contributed by atoms with Gasteiger partial charge in [-0.3, -0.25) is 0 Å². The summed E-state index contributed by atoms with van der Waals surface area (Å²) in [7, 11) is 0. The summed E-state index contributed by atoms with van der Waals surface area (Å²) in [5, 5.41) is 2.45. The summed E-state index contributed by atoms with van der Waals surface area (Å²) in [5.41, 5.74) is 1.90. The lowest BCUT2D eigenvalue weighted by Gasteiger charge is -2.59. The molecule has 0 heterocycles. The van der Waals surface area contributed by atoms with E-state index < -0.39 is 0 Å². The molecule has 3 aliphatic carbocycles. The van der Waals surface area contributed by atoms with E-state index in [2.05, 4.69) is 42.8 Å². The van der Waals surface area contributed by atoms with Crippen LogP contribution in [-0.2, 0) is 0 Å². The highest BCUT2D eigenvalue weighted by atomic mass is 32.1. The van der Waals surface area contributed by atoms with Crippen LogP contribution in [0, 0.1) is 23.2 Å². The molecule has 3 unspecified atom stereocenters. The van der Waals surface area contributed by atoms with Gasteiger partial charge >= 0.3 is 0 Å². The van der Waals surface area contributed by atoms with E-state index in [4.69, 9.17) is 0 Å². The monoisotopic (exact) mass is 207 g/mol. The highest BCUT2D eigenvalue weighted by molar-refractivity contribution is 7.78. The quantitative estimate of drug-likeness (QED) is 0.384. The second kappa shape index (κ2) is 3.29. The number of hydrogen-bond donors (Lipinski definition) is 0. The molecule has 76 valence electrons. The minimum atomic E-state index is 0.495. The van der Waals surface area contributed by atoms with Gasteiger partial charge in [-0.1, -0.05) is 26.0 Å². The Morgan fingerprint density at radius 1 is 1.57 bits per heavy atom. The summed E-state index contributed by atoms with van der Waals surface area (Å²) in [6, 6.07) is 0. The molecule has 1 nitrogen and oxygen atoms in total. The predicted octanol–water partition coefficient (Wildman–Crippen LogP) is 3.33. The van der Waals surface area contributed by atoms with Crippen LogP contribution in [0.15, 0.2) is 17.1 Å². The standard InChI is InChI=1S/C12H17NS/c1-8-9(6-13-7-14)4-10-5-11(8)12(10,2)3/h9-11H,1,4-6H2,2-3H3. The molecule has 3 fully saturated rings. The third-order valence-corrected chi connectivity index (χ3v) is 4.52. The Morgan fingerprint density at radius 2 is 2.29 bits per heavy atom. The average Bonchev–Trinajstić information content (AvgIpc) is 2.15. The van der Waals surface area contributed by atoms with Crippen molar-refractivity contribution in [3.05, 3.63) is 12.2 Å². The van der Waals surface area contributed by atoms with Crippen molar-refractivity contribution in [3.63, 3.8) is 0 Å². The maximum absolute atomic E-state index is 4.60. The summed E-state index contributed by atoms with van der Waals surface area (Å²) in [5.74, 6) is 2.18. The SMILES string of the molecule is C=C1C(CN=C=S)CC2CC1C2(C)C. The van der Waals surface area contributed by atoms with Crippen LogP contribution in [0.5, 0.6) is 0 Å². The lowest BCUT2D eigenvalue weighted by molar-refractivity contribution is -0.0451. The molecule has 14 heavy (non-hydrogen) atoms. The summed E-state index contributed by atoms with van der Waals surface area (Å²) >= 11 is 4.60. The van der Waals surface area contributed by atoms with Gasteiger partial charge in [-0.25, -0.2) is 4.99 Å². The molecule has 2 bridgehead atoms. The molecule has 0 N–H and O–H groups in total. The maximum atomic E-state index is 4.60. The Bertz CT molecular complexity index is 312. The molecular formula is C12H17NS. The van der Waals surface area contributed by atoms with E-state index in [0.717, 1.165) is 18.4 Å². The van der Waals surface area contributed by atoms with Crippen molar-refractivity contribution in [2.75, 3.05) is 6.54 Å². The van der Waals surface area contributed by atoms with Gasteiger partial charge in [0.2, 0.25) is 0 Å². The highest BCUT2D eigenvalue weighted by Crippen LogP contribution is 2.62. The molecule has 0 aromatic heterocycles. The van der Waals surface area contributed by atoms with Gasteiger partial charge in [0, 0.05) is 5.92 Å². The van der Waals surface area contributed by atoms with Gasteiger partial charge in [-0.2, -0.15) is 0 Å². The van der Waals surface area contributed by atoms with Crippen LogP contribution < -0.4 is 0 Å². The molecular weight excluding hydrogens is 190 g/mol. The zero-order chi connectivity index (χ0) is 10.3. The Kier molecular flexibility index (Phi) is 2.36. The first-order chi connectivity index (χ1) is 6.57.